The quantitative estimate of drug-likeness (QED) is 0.117. The fourth-order valence-electron chi connectivity index (χ4n) is 9.84. The number of carbonyl (C=O) groups excluding carboxylic acids is 4. The van der Waals surface area contributed by atoms with Crippen LogP contribution >= 0.6 is 0 Å². The first kappa shape index (κ1) is 48.8. The number of hydrogen-bond donors (Lipinski definition) is 1. The maximum absolute atomic E-state index is 14.9. The molecule has 0 radical (unpaired) electrons. The topological polar surface area (TPSA) is 181 Å². The molecule has 16 nitrogen and oxygen atoms in total. The number of aliphatic hydroxyl groups is 1. The van der Waals surface area contributed by atoms with E-state index in [1.165, 1.54) is 20.1 Å². The van der Waals surface area contributed by atoms with Crippen molar-refractivity contribution in [3.05, 3.63) is 43.0 Å². The SMILES string of the molecule is C=C[C@]12OC(=O)N(CCCCn3cnc(-c4ccc(OC)nc4)c3C)[C@H]1[C@H](C)C(=O)[C@H](C)C[C@](C)(OC)[C@H](OC1O[C@H](C)C[C@H](N(C)C)[C@H]1O)[C@@H](C)C(=O)[C@@H](C)C(=O)O[C@H]2CC. The summed E-state index contributed by atoms with van der Waals surface area (Å²) in [6.45, 7) is 19.1. The number of carbonyl (C=O) groups is 4. The van der Waals surface area contributed by atoms with Gasteiger partial charge in [-0.2, -0.15) is 0 Å². The number of imidazole rings is 1. The number of nitrogens with zero attached hydrogens (tertiary/aromatic N) is 5. The van der Waals surface area contributed by atoms with Crippen molar-refractivity contribution in [2.75, 3.05) is 34.9 Å². The van der Waals surface area contributed by atoms with E-state index in [2.05, 4.69) is 16.5 Å². The summed E-state index contributed by atoms with van der Waals surface area (Å²) in [4.78, 5) is 69.8. The van der Waals surface area contributed by atoms with Crippen LogP contribution in [0.15, 0.2) is 37.3 Å². The molecular formula is C46H69N5O11. The molecule has 5 heterocycles. The zero-order valence-corrected chi connectivity index (χ0v) is 38.7. The molecule has 0 aliphatic carbocycles. The molecule has 3 fully saturated rings. The zero-order chi connectivity index (χ0) is 45.8. The average molecular weight is 868 g/mol. The number of pyridine rings is 1. The number of hydrogen-bond acceptors (Lipinski definition) is 14. The predicted molar refractivity (Wildman–Crippen MR) is 230 cm³/mol. The van der Waals surface area contributed by atoms with E-state index in [-0.39, 0.29) is 37.3 Å². The van der Waals surface area contributed by atoms with Crippen LogP contribution in [0.3, 0.4) is 0 Å². The van der Waals surface area contributed by atoms with Crippen LogP contribution < -0.4 is 4.74 Å². The van der Waals surface area contributed by atoms with E-state index in [4.69, 9.17) is 28.4 Å². The van der Waals surface area contributed by atoms with Gasteiger partial charge in [-0.05, 0) is 86.0 Å². The minimum Gasteiger partial charge on any atom is -0.481 e. The molecule has 3 saturated heterocycles. The lowest BCUT2D eigenvalue weighted by Crippen LogP contribution is -2.60. The lowest BCUT2D eigenvalue weighted by atomic mass is 9.72. The number of fused-ring (bicyclic) bond motifs is 1. The van der Waals surface area contributed by atoms with Crippen molar-refractivity contribution in [2.24, 2.45) is 23.7 Å². The van der Waals surface area contributed by atoms with Gasteiger partial charge >= 0.3 is 12.1 Å². The van der Waals surface area contributed by atoms with Crippen molar-refractivity contribution in [1.29, 1.82) is 0 Å². The molecule has 3 aliphatic heterocycles. The monoisotopic (exact) mass is 867 g/mol. The molecule has 13 atom stereocenters. The van der Waals surface area contributed by atoms with Gasteiger partial charge in [0, 0.05) is 67.5 Å². The van der Waals surface area contributed by atoms with Crippen LogP contribution in [0.2, 0.25) is 0 Å². The smallest absolute Gasteiger partial charge is 0.411 e. The third-order valence-electron chi connectivity index (χ3n) is 13.5. The van der Waals surface area contributed by atoms with Gasteiger partial charge in [0.05, 0.1) is 43.0 Å². The van der Waals surface area contributed by atoms with E-state index in [1.54, 1.807) is 65.2 Å². The van der Waals surface area contributed by atoms with Crippen molar-refractivity contribution in [3.63, 3.8) is 0 Å². The van der Waals surface area contributed by atoms with Gasteiger partial charge < -0.3 is 43.0 Å². The number of aromatic nitrogens is 3. The van der Waals surface area contributed by atoms with Gasteiger partial charge in [0.2, 0.25) is 5.88 Å². The standard InChI is InChI=1S/C46H69N5O11/c1-14-34-46(15-2)40(51(44(56)62-46)21-17-16-20-50-25-48-36(31(50)8)32-18-19-35(57-12)47-24-32)28(5)37(52)26(3)23-45(9,58-13)41(29(6)38(53)30(7)42(55)60-34)61-43-39(54)33(49(10)11)22-27(4)59-43/h15,18-19,24-30,33-34,39-41,43,54H,2,14,16-17,20-23H2,1,3-13H3/t26-,27-,28-,29+,30-,33+,34+,39-,40+,41-,43?,45+,46-/m1/s1. The Hall–Kier alpha value is -4.22. The number of rotatable bonds is 13. The number of likely N-dealkylation sites (N-methyl/N-ethyl adjacent to an activating group) is 1. The Bertz CT molecular complexity index is 1900. The van der Waals surface area contributed by atoms with Crippen LogP contribution in [0.25, 0.3) is 11.3 Å². The second-order valence-electron chi connectivity index (χ2n) is 17.9. The summed E-state index contributed by atoms with van der Waals surface area (Å²) < 4.78 is 38.6. The molecule has 0 saturated carbocycles. The third kappa shape index (κ3) is 9.64. The summed E-state index contributed by atoms with van der Waals surface area (Å²) in [5.74, 6) is -4.74. The molecule has 5 rings (SSSR count). The van der Waals surface area contributed by atoms with Crippen molar-refractivity contribution in [3.8, 4) is 17.1 Å². The average Bonchev–Trinajstić information content (AvgIpc) is 3.77. The highest BCUT2D eigenvalue weighted by Gasteiger charge is 2.61. The fraction of sp³-hybridized carbons (Fsp3) is 0.696. The summed E-state index contributed by atoms with van der Waals surface area (Å²) in [7, 11) is 6.79. The Morgan fingerprint density at radius 2 is 1.71 bits per heavy atom. The number of cyclic esters (lactones) is 1. The summed E-state index contributed by atoms with van der Waals surface area (Å²) in [6.07, 6.45) is 1.78. The molecule has 0 spiro atoms. The minimum atomic E-state index is -1.61. The summed E-state index contributed by atoms with van der Waals surface area (Å²) in [5, 5.41) is 11.5. The van der Waals surface area contributed by atoms with Crippen LogP contribution in [0.1, 0.15) is 86.3 Å². The summed E-state index contributed by atoms with van der Waals surface area (Å²) in [6, 6.07) is 2.49. The minimum absolute atomic E-state index is 0.0991. The normalized spacial score (nSPS) is 35.0. The van der Waals surface area contributed by atoms with Crippen LogP contribution in [0.4, 0.5) is 4.79 Å². The molecule has 62 heavy (non-hydrogen) atoms. The summed E-state index contributed by atoms with van der Waals surface area (Å²) in [5.41, 5.74) is -0.278. The molecule has 16 heteroatoms. The van der Waals surface area contributed by atoms with Gasteiger partial charge in [-0.25, -0.2) is 14.8 Å². The number of amides is 1. The number of unbranched alkanes of at least 4 members (excludes halogenated alkanes) is 1. The molecule has 344 valence electrons. The molecule has 2 aromatic rings. The molecule has 1 amide bonds. The number of methoxy groups -OCH3 is 2. The predicted octanol–water partition coefficient (Wildman–Crippen LogP) is 5.41. The van der Waals surface area contributed by atoms with Gasteiger partial charge in [-0.15, -0.1) is 0 Å². The highest BCUT2D eigenvalue weighted by atomic mass is 16.7. The highest BCUT2D eigenvalue weighted by molar-refractivity contribution is 6.00. The highest BCUT2D eigenvalue weighted by Crippen LogP contribution is 2.44. The van der Waals surface area contributed by atoms with E-state index < -0.39 is 83.4 Å². The Balaban J connectivity index is 1.45. The second kappa shape index (κ2) is 20.1. The van der Waals surface area contributed by atoms with Crippen LogP contribution in [0.5, 0.6) is 5.88 Å². The van der Waals surface area contributed by atoms with Gasteiger partial charge in [-0.3, -0.25) is 19.3 Å². The first-order chi connectivity index (χ1) is 29.3. The number of ketones is 2. The zero-order valence-electron chi connectivity index (χ0n) is 38.7. The van der Waals surface area contributed by atoms with E-state index in [9.17, 15) is 24.3 Å². The number of aliphatic hydroxyl groups excluding tert-OH is 1. The molecule has 1 unspecified atom stereocenters. The number of Topliss-reactive ketones (excluding diaryl/α,β-unsaturated/α-hetero) is 2. The lowest BCUT2D eigenvalue weighted by molar-refractivity contribution is -0.295. The number of aryl methyl sites for hydroxylation is 1. The third-order valence-corrected chi connectivity index (χ3v) is 13.5. The maximum atomic E-state index is 14.9. The van der Waals surface area contributed by atoms with Gasteiger partial charge in [-0.1, -0.05) is 34.3 Å². The van der Waals surface area contributed by atoms with E-state index in [1.807, 2.05) is 43.5 Å². The first-order valence-corrected chi connectivity index (χ1v) is 21.9. The van der Waals surface area contributed by atoms with Crippen molar-refractivity contribution >= 4 is 23.6 Å². The van der Waals surface area contributed by atoms with E-state index in [0.717, 1.165) is 17.0 Å². The molecule has 0 bridgehead atoms. The Morgan fingerprint density at radius 1 is 1.02 bits per heavy atom. The van der Waals surface area contributed by atoms with Crippen molar-refractivity contribution in [2.45, 2.75) is 148 Å². The van der Waals surface area contributed by atoms with E-state index >= 15 is 0 Å². The Kier molecular flexibility index (Phi) is 15.8. The molecular weight excluding hydrogens is 799 g/mol. The van der Waals surface area contributed by atoms with Gasteiger partial charge in [0.1, 0.15) is 23.9 Å². The summed E-state index contributed by atoms with van der Waals surface area (Å²) >= 11 is 0. The number of esters is 1. The Morgan fingerprint density at radius 3 is 2.31 bits per heavy atom. The van der Waals surface area contributed by atoms with E-state index in [0.29, 0.717) is 31.7 Å². The lowest BCUT2D eigenvalue weighted by Gasteiger charge is -2.47. The molecule has 2 aromatic heterocycles. The van der Waals surface area contributed by atoms with Crippen LogP contribution in [0, 0.1) is 30.6 Å². The van der Waals surface area contributed by atoms with Crippen molar-refractivity contribution < 1.29 is 52.7 Å². The van der Waals surface area contributed by atoms with Gasteiger partial charge in [0.25, 0.3) is 0 Å². The van der Waals surface area contributed by atoms with Crippen LogP contribution in [-0.2, 0) is 44.6 Å². The number of ether oxygens (including phenoxy) is 6. The molecule has 3 aliphatic rings. The molecule has 0 aromatic carbocycles. The van der Waals surface area contributed by atoms with Crippen LogP contribution in [-0.4, -0.2) is 142 Å². The Labute approximate surface area is 366 Å². The van der Waals surface area contributed by atoms with Crippen molar-refractivity contribution in [1.82, 2.24) is 24.3 Å². The fourth-order valence-corrected chi connectivity index (χ4v) is 9.84. The van der Waals surface area contributed by atoms with Gasteiger partial charge in [0.15, 0.2) is 17.7 Å². The molecule has 1 N–H and O–H groups in total. The second-order valence-corrected chi connectivity index (χ2v) is 17.9. The first-order valence-electron chi connectivity index (χ1n) is 21.9. The maximum Gasteiger partial charge on any atom is 0.411 e. The largest absolute Gasteiger partial charge is 0.481 e.